The maximum atomic E-state index is 12.4. The molecule has 3 amide bonds. The minimum atomic E-state index is -1.39. The van der Waals surface area contributed by atoms with Crippen LogP contribution in [0.15, 0.2) is 0 Å². The molecule has 10 N–H and O–H groups in total. The van der Waals surface area contributed by atoms with E-state index in [4.69, 9.17) is 21.7 Å². The molecular formula is C17H29N5O9. The molecule has 0 aromatic carbocycles. The summed E-state index contributed by atoms with van der Waals surface area (Å²) >= 11 is 0. The minimum absolute atomic E-state index is 0.0927. The Labute approximate surface area is 177 Å². The van der Waals surface area contributed by atoms with Gasteiger partial charge in [0.1, 0.15) is 12.1 Å². The normalized spacial score (nSPS) is 13.4. The third-order valence-electron chi connectivity index (χ3n) is 4.01. The van der Waals surface area contributed by atoms with E-state index in [0.29, 0.717) is 19.4 Å². The van der Waals surface area contributed by atoms with Gasteiger partial charge in [-0.2, -0.15) is 0 Å². The summed E-state index contributed by atoms with van der Waals surface area (Å²) in [6, 6.07) is -4.01. The van der Waals surface area contributed by atoms with Crippen molar-refractivity contribution in [3.63, 3.8) is 0 Å². The van der Waals surface area contributed by atoms with Crippen molar-refractivity contribution in [2.24, 2.45) is 11.5 Å². The highest BCUT2D eigenvalue weighted by atomic mass is 16.4. The quantitative estimate of drug-likeness (QED) is 0.110. The zero-order chi connectivity index (χ0) is 24.0. The number of unbranched alkanes of at least 4 members (excludes halogenated alkanes) is 1. The number of carbonyl (C=O) groups is 6. The number of carboxylic acid groups (broad SMARTS) is 3. The van der Waals surface area contributed by atoms with E-state index in [-0.39, 0.29) is 12.8 Å². The van der Waals surface area contributed by atoms with Crippen LogP contribution in [0.1, 0.15) is 38.5 Å². The second-order valence-corrected chi connectivity index (χ2v) is 6.66. The molecule has 0 aliphatic heterocycles. The molecule has 0 spiro atoms. The monoisotopic (exact) mass is 447 g/mol. The third kappa shape index (κ3) is 12.8. The lowest BCUT2D eigenvalue weighted by molar-refractivity contribution is -0.143. The molecule has 176 valence electrons. The molecule has 0 aromatic rings. The van der Waals surface area contributed by atoms with Crippen LogP contribution in [0.2, 0.25) is 0 Å². The summed E-state index contributed by atoms with van der Waals surface area (Å²) in [6.07, 6.45) is -0.397. The summed E-state index contributed by atoms with van der Waals surface area (Å²) in [5, 5.41) is 33.2. The van der Waals surface area contributed by atoms with Crippen LogP contribution in [0, 0.1) is 0 Å². The molecule has 31 heavy (non-hydrogen) atoms. The first-order valence-electron chi connectivity index (χ1n) is 9.47. The fraction of sp³-hybridized carbons (Fsp3) is 0.647. The highest BCUT2D eigenvalue weighted by molar-refractivity contribution is 5.93. The number of nitrogens with two attached hydrogens (primary N) is 2. The standard InChI is InChI=1S/C17H29N5O9/c18-6-2-1-3-11(17(30)31)22-16(29)10(4-5-13(24)25)21-12(23)8-20-15(28)9(19)7-14(26)27/h9-11H,1-8,18-19H2,(H,20,28)(H,21,23)(H,22,29)(H,24,25)(H,26,27)(H,30,31). The summed E-state index contributed by atoms with van der Waals surface area (Å²) in [6.45, 7) is -0.304. The molecule has 14 nitrogen and oxygen atoms in total. The van der Waals surface area contributed by atoms with Crippen LogP contribution in [0.25, 0.3) is 0 Å². The molecule has 0 fully saturated rings. The van der Waals surface area contributed by atoms with Gasteiger partial charge < -0.3 is 42.7 Å². The summed E-state index contributed by atoms with van der Waals surface area (Å²) in [5.74, 6) is -6.53. The van der Waals surface area contributed by atoms with E-state index in [1.807, 2.05) is 0 Å². The molecule has 14 heteroatoms. The van der Waals surface area contributed by atoms with Crippen LogP contribution in [0.5, 0.6) is 0 Å². The van der Waals surface area contributed by atoms with Crippen molar-refractivity contribution in [1.82, 2.24) is 16.0 Å². The van der Waals surface area contributed by atoms with Gasteiger partial charge in [-0.1, -0.05) is 0 Å². The van der Waals surface area contributed by atoms with Gasteiger partial charge in [0.05, 0.1) is 19.0 Å². The van der Waals surface area contributed by atoms with Gasteiger partial charge in [-0.05, 0) is 32.2 Å². The molecule has 0 saturated heterocycles. The highest BCUT2D eigenvalue weighted by Gasteiger charge is 2.27. The van der Waals surface area contributed by atoms with Gasteiger partial charge in [-0.3, -0.25) is 24.0 Å². The second kappa shape index (κ2) is 14.7. The molecule has 3 atom stereocenters. The Bertz CT molecular complexity index is 670. The lowest BCUT2D eigenvalue weighted by Gasteiger charge is -2.21. The molecule has 0 saturated carbocycles. The predicted octanol–water partition coefficient (Wildman–Crippen LogP) is -3.05. The Hall–Kier alpha value is -3.26. The van der Waals surface area contributed by atoms with E-state index in [9.17, 15) is 33.9 Å². The van der Waals surface area contributed by atoms with Gasteiger partial charge in [0, 0.05) is 6.42 Å². The van der Waals surface area contributed by atoms with Crippen molar-refractivity contribution in [2.75, 3.05) is 13.1 Å². The number of amides is 3. The smallest absolute Gasteiger partial charge is 0.326 e. The van der Waals surface area contributed by atoms with Crippen molar-refractivity contribution >= 4 is 35.6 Å². The summed E-state index contributed by atoms with van der Waals surface area (Å²) in [4.78, 5) is 68.8. The van der Waals surface area contributed by atoms with Crippen LogP contribution in [-0.2, 0) is 28.8 Å². The van der Waals surface area contributed by atoms with Crippen LogP contribution in [0.3, 0.4) is 0 Å². The Balaban J connectivity index is 4.95. The van der Waals surface area contributed by atoms with Crippen molar-refractivity contribution in [2.45, 2.75) is 56.7 Å². The van der Waals surface area contributed by atoms with Crippen molar-refractivity contribution in [3.8, 4) is 0 Å². The molecule has 0 aliphatic carbocycles. The van der Waals surface area contributed by atoms with Crippen LogP contribution in [-0.4, -0.2) is 82.2 Å². The van der Waals surface area contributed by atoms with E-state index < -0.39 is 73.1 Å². The topological polar surface area (TPSA) is 251 Å². The van der Waals surface area contributed by atoms with Crippen molar-refractivity contribution < 1.29 is 44.1 Å². The van der Waals surface area contributed by atoms with Gasteiger partial charge in [-0.15, -0.1) is 0 Å². The number of aliphatic carboxylic acids is 3. The first-order valence-corrected chi connectivity index (χ1v) is 9.47. The molecule has 0 radical (unpaired) electrons. The largest absolute Gasteiger partial charge is 0.481 e. The number of rotatable bonds is 16. The Morgan fingerprint density at radius 1 is 0.806 bits per heavy atom. The number of carbonyl (C=O) groups excluding carboxylic acids is 3. The fourth-order valence-electron chi connectivity index (χ4n) is 2.38. The van der Waals surface area contributed by atoms with Crippen LogP contribution < -0.4 is 27.4 Å². The average molecular weight is 447 g/mol. The maximum absolute atomic E-state index is 12.4. The van der Waals surface area contributed by atoms with Gasteiger partial charge in [0.25, 0.3) is 0 Å². The fourth-order valence-corrected chi connectivity index (χ4v) is 2.38. The average Bonchev–Trinajstić information content (AvgIpc) is 2.67. The Kier molecular flexibility index (Phi) is 13.1. The van der Waals surface area contributed by atoms with Gasteiger partial charge in [0.2, 0.25) is 17.7 Å². The number of hydrogen-bond acceptors (Lipinski definition) is 8. The zero-order valence-electron chi connectivity index (χ0n) is 16.8. The molecule has 0 heterocycles. The van der Waals surface area contributed by atoms with E-state index >= 15 is 0 Å². The molecule has 0 aliphatic rings. The number of carboxylic acids is 3. The van der Waals surface area contributed by atoms with E-state index in [1.54, 1.807) is 0 Å². The van der Waals surface area contributed by atoms with Crippen LogP contribution in [0.4, 0.5) is 0 Å². The molecule has 3 unspecified atom stereocenters. The summed E-state index contributed by atoms with van der Waals surface area (Å²) < 4.78 is 0. The third-order valence-corrected chi connectivity index (χ3v) is 4.01. The zero-order valence-corrected chi connectivity index (χ0v) is 16.8. The molecular weight excluding hydrogens is 418 g/mol. The van der Waals surface area contributed by atoms with Gasteiger partial charge in [0.15, 0.2) is 0 Å². The second-order valence-electron chi connectivity index (χ2n) is 6.66. The van der Waals surface area contributed by atoms with Gasteiger partial charge >= 0.3 is 17.9 Å². The highest BCUT2D eigenvalue weighted by Crippen LogP contribution is 2.04. The Morgan fingerprint density at radius 3 is 1.97 bits per heavy atom. The van der Waals surface area contributed by atoms with E-state index in [0.717, 1.165) is 0 Å². The van der Waals surface area contributed by atoms with E-state index in [2.05, 4.69) is 16.0 Å². The Morgan fingerprint density at radius 2 is 1.45 bits per heavy atom. The first kappa shape index (κ1) is 27.7. The molecule has 0 rings (SSSR count). The van der Waals surface area contributed by atoms with Crippen molar-refractivity contribution in [1.29, 1.82) is 0 Å². The van der Waals surface area contributed by atoms with Gasteiger partial charge in [-0.25, -0.2) is 4.79 Å². The first-order chi connectivity index (χ1) is 14.5. The number of nitrogens with one attached hydrogen (secondary N) is 3. The lowest BCUT2D eigenvalue weighted by atomic mass is 10.1. The maximum Gasteiger partial charge on any atom is 0.326 e. The van der Waals surface area contributed by atoms with Crippen molar-refractivity contribution in [3.05, 3.63) is 0 Å². The predicted molar refractivity (Wildman–Crippen MR) is 105 cm³/mol. The van der Waals surface area contributed by atoms with Crippen LogP contribution >= 0.6 is 0 Å². The summed E-state index contributed by atoms with van der Waals surface area (Å²) in [7, 11) is 0. The van der Waals surface area contributed by atoms with E-state index in [1.165, 1.54) is 0 Å². The lowest BCUT2D eigenvalue weighted by Crippen LogP contribution is -2.53. The summed E-state index contributed by atoms with van der Waals surface area (Å²) in [5.41, 5.74) is 10.7. The molecule has 0 aromatic heterocycles. The minimum Gasteiger partial charge on any atom is -0.481 e. The SMILES string of the molecule is NCCCCC(NC(=O)C(CCC(=O)O)NC(=O)CNC(=O)C(N)CC(=O)O)C(=O)O. The number of hydrogen-bond donors (Lipinski definition) is 8. The molecule has 0 bridgehead atoms.